The maximum atomic E-state index is 13.1. The smallest absolute Gasteiger partial charge is 0.395 e. The van der Waals surface area contributed by atoms with E-state index in [1.165, 1.54) is 6.07 Å². The van der Waals surface area contributed by atoms with E-state index in [9.17, 15) is 13.2 Å². The molecule has 0 atom stereocenters. The molecule has 0 aliphatic heterocycles. The number of hydrogen-bond donors (Lipinski definition) is 2. The summed E-state index contributed by atoms with van der Waals surface area (Å²) in [6.07, 6.45) is -2.65. The Labute approximate surface area is 120 Å². The monoisotopic (exact) mass is 304 g/mol. The lowest BCUT2D eigenvalue weighted by molar-refractivity contribution is -0.137. The molecule has 1 aliphatic rings. The normalized spacial score (nSPS) is 15.2. The predicted molar refractivity (Wildman–Crippen MR) is 74.8 cm³/mol. The summed E-state index contributed by atoms with van der Waals surface area (Å²) in [5.41, 5.74) is 4.79. The second kappa shape index (κ2) is 5.57. The van der Waals surface area contributed by atoms with Crippen molar-refractivity contribution in [2.24, 2.45) is 5.73 Å². The van der Waals surface area contributed by atoms with E-state index in [0.29, 0.717) is 12.2 Å². The summed E-state index contributed by atoms with van der Waals surface area (Å²) in [5, 5.41) is 9.04. The highest BCUT2D eigenvalue weighted by atomic mass is 32.1. The zero-order valence-electron chi connectivity index (χ0n) is 10.7. The second-order valence-corrected chi connectivity index (χ2v) is 5.18. The van der Waals surface area contributed by atoms with E-state index in [0.717, 1.165) is 18.9 Å². The summed E-state index contributed by atoms with van der Waals surface area (Å²) in [5.74, 6) is 0. The molecular weight excluding hydrogens is 289 g/mol. The number of anilines is 1. The Hall–Kier alpha value is -1.34. The van der Waals surface area contributed by atoms with Crippen molar-refractivity contribution < 1.29 is 18.3 Å². The van der Waals surface area contributed by atoms with Gasteiger partial charge in [0.25, 0.3) is 0 Å². The topological polar surface area (TPSA) is 49.5 Å². The first kappa shape index (κ1) is 15.1. The number of halogens is 3. The first-order valence-corrected chi connectivity index (χ1v) is 6.64. The van der Waals surface area contributed by atoms with Crippen LogP contribution in [0.1, 0.15) is 24.0 Å². The molecule has 1 aromatic rings. The van der Waals surface area contributed by atoms with E-state index in [2.05, 4.69) is 12.2 Å². The molecule has 1 aliphatic carbocycles. The number of aliphatic hydroxyl groups excluding tert-OH is 1. The van der Waals surface area contributed by atoms with E-state index in [1.807, 2.05) is 0 Å². The maximum Gasteiger partial charge on any atom is 0.417 e. The minimum absolute atomic E-state index is 0.102. The molecular formula is C13H15F3N2OS. The molecule has 1 saturated carbocycles. The van der Waals surface area contributed by atoms with Crippen molar-refractivity contribution in [3.05, 3.63) is 29.3 Å². The SMILES string of the molecule is NC(=S)c1ccc(N(CCO)C2CC2)cc1C(F)(F)F. The summed E-state index contributed by atoms with van der Waals surface area (Å²) in [6.45, 7) is 0.212. The number of nitrogens with two attached hydrogens (primary N) is 1. The fourth-order valence-corrected chi connectivity index (χ4v) is 2.35. The molecule has 20 heavy (non-hydrogen) atoms. The van der Waals surface area contributed by atoms with Crippen molar-refractivity contribution in [3.63, 3.8) is 0 Å². The molecule has 7 heteroatoms. The molecule has 0 unspecified atom stereocenters. The van der Waals surface area contributed by atoms with Crippen LogP contribution in [-0.2, 0) is 6.18 Å². The van der Waals surface area contributed by atoms with Gasteiger partial charge in [-0.1, -0.05) is 12.2 Å². The van der Waals surface area contributed by atoms with Crippen LogP contribution >= 0.6 is 12.2 Å². The van der Waals surface area contributed by atoms with Crippen molar-refractivity contribution in [2.45, 2.75) is 25.1 Å². The number of hydrogen-bond acceptors (Lipinski definition) is 3. The van der Waals surface area contributed by atoms with Crippen LogP contribution in [0.15, 0.2) is 18.2 Å². The second-order valence-electron chi connectivity index (χ2n) is 4.74. The Bertz CT molecular complexity index is 515. The molecule has 0 heterocycles. The van der Waals surface area contributed by atoms with Crippen LogP contribution in [0.4, 0.5) is 18.9 Å². The fourth-order valence-electron chi connectivity index (χ4n) is 2.18. The minimum Gasteiger partial charge on any atom is -0.395 e. The molecule has 0 amide bonds. The largest absolute Gasteiger partial charge is 0.417 e. The van der Waals surface area contributed by atoms with Gasteiger partial charge in [-0.15, -0.1) is 0 Å². The van der Waals surface area contributed by atoms with Gasteiger partial charge in [0.15, 0.2) is 0 Å². The van der Waals surface area contributed by atoms with E-state index in [-0.39, 0.29) is 23.2 Å². The lowest BCUT2D eigenvalue weighted by Gasteiger charge is -2.25. The van der Waals surface area contributed by atoms with Gasteiger partial charge in [-0.2, -0.15) is 13.2 Å². The van der Waals surface area contributed by atoms with Crippen LogP contribution in [-0.4, -0.2) is 29.3 Å². The van der Waals surface area contributed by atoms with Gasteiger partial charge >= 0.3 is 6.18 Å². The van der Waals surface area contributed by atoms with Crippen LogP contribution in [0, 0.1) is 0 Å². The predicted octanol–water partition coefficient (Wildman–Crippen LogP) is 2.30. The number of thiocarbonyl (C=S) groups is 1. The highest BCUT2D eigenvalue weighted by molar-refractivity contribution is 7.80. The molecule has 2 rings (SSSR count). The van der Waals surface area contributed by atoms with Crippen LogP contribution in [0.5, 0.6) is 0 Å². The highest BCUT2D eigenvalue weighted by Gasteiger charge is 2.36. The Morgan fingerprint density at radius 2 is 2.05 bits per heavy atom. The van der Waals surface area contributed by atoms with Gasteiger partial charge in [-0.3, -0.25) is 0 Å². The van der Waals surface area contributed by atoms with Crippen LogP contribution in [0.2, 0.25) is 0 Å². The summed E-state index contributed by atoms with van der Waals surface area (Å²) in [7, 11) is 0. The van der Waals surface area contributed by atoms with Crippen molar-refractivity contribution in [2.75, 3.05) is 18.1 Å². The summed E-state index contributed by atoms with van der Waals surface area (Å²) >= 11 is 4.67. The number of aliphatic hydroxyl groups is 1. The van der Waals surface area contributed by atoms with E-state index in [4.69, 9.17) is 10.8 Å². The standard InChI is InChI=1S/C13H15F3N2OS/c14-13(15,16)11-7-9(3-4-10(11)12(17)20)18(5-6-19)8-1-2-8/h3-4,7-8,19H,1-2,5-6H2,(H2,17,20). The molecule has 3 nitrogen and oxygen atoms in total. The average Bonchev–Trinajstić information content (AvgIpc) is 3.18. The first-order chi connectivity index (χ1) is 9.34. The lowest BCUT2D eigenvalue weighted by atomic mass is 10.1. The van der Waals surface area contributed by atoms with Gasteiger partial charge in [0.1, 0.15) is 4.99 Å². The third-order valence-electron chi connectivity index (χ3n) is 3.23. The van der Waals surface area contributed by atoms with E-state index < -0.39 is 11.7 Å². The van der Waals surface area contributed by atoms with Gasteiger partial charge in [0.2, 0.25) is 0 Å². The van der Waals surface area contributed by atoms with Crippen molar-refractivity contribution >= 4 is 22.9 Å². The Kier molecular flexibility index (Phi) is 4.19. The third kappa shape index (κ3) is 3.21. The quantitative estimate of drug-likeness (QED) is 0.820. The molecule has 1 aromatic carbocycles. The molecule has 0 radical (unpaired) electrons. The van der Waals surface area contributed by atoms with E-state index in [1.54, 1.807) is 11.0 Å². The molecule has 110 valence electrons. The van der Waals surface area contributed by atoms with Crippen LogP contribution < -0.4 is 10.6 Å². The fraction of sp³-hybridized carbons (Fsp3) is 0.462. The van der Waals surface area contributed by atoms with Gasteiger partial charge in [-0.05, 0) is 31.0 Å². The number of benzene rings is 1. The minimum atomic E-state index is -4.51. The Morgan fingerprint density at radius 3 is 2.50 bits per heavy atom. The average molecular weight is 304 g/mol. The molecule has 1 fully saturated rings. The van der Waals surface area contributed by atoms with E-state index >= 15 is 0 Å². The number of nitrogens with zero attached hydrogens (tertiary/aromatic N) is 1. The summed E-state index contributed by atoms with van der Waals surface area (Å²) < 4.78 is 39.2. The Balaban J connectivity index is 2.43. The zero-order valence-corrected chi connectivity index (χ0v) is 11.5. The number of rotatable bonds is 5. The first-order valence-electron chi connectivity index (χ1n) is 6.23. The zero-order chi connectivity index (χ0) is 14.9. The Morgan fingerprint density at radius 1 is 1.40 bits per heavy atom. The molecule has 0 bridgehead atoms. The van der Waals surface area contributed by atoms with Crippen molar-refractivity contribution in [1.29, 1.82) is 0 Å². The van der Waals surface area contributed by atoms with Gasteiger partial charge < -0.3 is 15.7 Å². The highest BCUT2D eigenvalue weighted by Crippen LogP contribution is 2.37. The lowest BCUT2D eigenvalue weighted by Crippen LogP contribution is -2.29. The molecule has 0 saturated heterocycles. The third-order valence-corrected chi connectivity index (χ3v) is 3.45. The maximum absolute atomic E-state index is 13.1. The van der Waals surface area contributed by atoms with Crippen molar-refractivity contribution in [3.8, 4) is 0 Å². The van der Waals surface area contributed by atoms with Gasteiger partial charge in [0.05, 0.1) is 12.2 Å². The van der Waals surface area contributed by atoms with Gasteiger partial charge in [0, 0.05) is 23.8 Å². The van der Waals surface area contributed by atoms with Crippen molar-refractivity contribution in [1.82, 2.24) is 0 Å². The summed E-state index contributed by atoms with van der Waals surface area (Å²) in [6, 6.07) is 4.13. The van der Waals surface area contributed by atoms with Crippen LogP contribution in [0.25, 0.3) is 0 Å². The van der Waals surface area contributed by atoms with Gasteiger partial charge in [-0.25, -0.2) is 0 Å². The van der Waals surface area contributed by atoms with Crippen LogP contribution in [0.3, 0.4) is 0 Å². The molecule has 0 aromatic heterocycles. The molecule has 3 N–H and O–H groups in total. The number of alkyl halides is 3. The molecule has 0 spiro atoms. The summed E-state index contributed by atoms with van der Waals surface area (Å²) in [4.78, 5) is 1.52.